The van der Waals surface area contributed by atoms with Crippen LogP contribution in [0.4, 0.5) is 9.18 Å². The maximum atomic E-state index is 13.6. The second-order valence-corrected chi connectivity index (χ2v) is 6.83. The van der Waals surface area contributed by atoms with Crippen molar-refractivity contribution in [1.29, 1.82) is 0 Å². The normalized spacial score (nSPS) is 19.5. The first kappa shape index (κ1) is 20.2. The topological polar surface area (TPSA) is 84.5 Å². The average Bonchev–Trinajstić information content (AvgIpc) is 2.58. The highest BCUT2D eigenvalue weighted by Crippen LogP contribution is 2.23. The molecule has 1 saturated carbocycles. The summed E-state index contributed by atoms with van der Waals surface area (Å²) >= 11 is 5.83. The van der Waals surface area contributed by atoms with Crippen LogP contribution >= 0.6 is 11.6 Å². The van der Waals surface area contributed by atoms with E-state index < -0.39 is 36.8 Å². The number of esters is 1. The number of benzene rings is 1. The minimum atomic E-state index is -0.812. The predicted molar refractivity (Wildman–Crippen MR) is 94.2 cm³/mol. The van der Waals surface area contributed by atoms with Crippen LogP contribution in [0.1, 0.15) is 38.2 Å². The number of rotatable bonds is 5. The van der Waals surface area contributed by atoms with Crippen LogP contribution in [0, 0.1) is 11.7 Å². The van der Waals surface area contributed by atoms with Crippen molar-refractivity contribution >= 4 is 29.5 Å². The van der Waals surface area contributed by atoms with E-state index in [2.05, 4.69) is 17.6 Å². The number of urea groups is 1. The van der Waals surface area contributed by atoms with E-state index in [0.29, 0.717) is 5.92 Å². The van der Waals surface area contributed by atoms with E-state index in [-0.39, 0.29) is 16.6 Å². The van der Waals surface area contributed by atoms with Crippen molar-refractivity contribution in [3.8, 4) is 0 Å². The Kier molecular flexibility index (Phi) is 7.38. The van der Waals surface area contributed by atoms with Crippen LogP contribution in [0.3, 0.4) is 0 Å². The molecule has 26 heavy (non-hydrogen) atoms. The third-order valence-corrected chi connectivity index (χ3v) is 4.78. The van der Waals surface area contributed by atoms with Gasteiger partial charge in [0, 0.05) is 16.6 Å². The lowest BCUT2D eigenvalue weighted by molar-refractivity contribution is -0.147. The summed E-state index contributed by atoms with van der Waals surface area (Å²) in [5, 5.41) is 4.99. The molecule has 6 nitrogen and oxygen atoms in total. The zero-order valence-electron chi connectivity index (χ0n) is 14.5. The molecule has 8 heteroatoms. The minimum Gasteiger partial charge on any atom is -0.455 e. The van der Waals surface area contributed by atoms with Gasteiger partial charge in [0.25, 0.3) is 5.91 Å². The molecule has 0 saturated heterocycles. The monoisotopic (exact) mass is 384 g/mol. The molecule has 2 atom stereocenters. The smallest absolute Gasteiger partial charge is 0.321 e. The van der Waals surface area contributed by atoms with Gasteiger partial charge in [-0.25, -0.2) is 9.18 Å². The molecule has 2 N–H and O–H groups in total. The minimum absolute atomic E-state index is 0.00334. The largest absolute Gasteiger partial charge is 0.455 e. The van der Waals surface area contributed by atoms with Gasteiger partial charge < -0.3 is 10.1 Å². The fourth-order valence-electron chi connectivity index (χ4n) is 2.94. The molecule has 1 aromatic rings. The van der Waals surface area contributed by atoms with E-state index in [1.54, 1.807) is 0 Å². The van der Waals surface area contributed by atoms with Crippen LogP contribution in [0.25, 0.3) is 0 Å². The molecule has 0 heterocycles. The van der Waals surface area contributed by atoms with Gasteiger partial charge >= 0.3 is 12.0 Å². The third-order valence-electron chi connectivity index (χ3n) is 4.43. The summed E-state index contributed by atoms with van der Waals surface area (Å²) in [6, 6.07) is 3.48. The molecule has 0 aromatic heterocycles. The van der Waals surface area contributed by atoms with Crippen LogP contribution in [-0.4, -0.2) is 30.6 Å². The SMILES string of the molecule is C[C@H]1CCCC[C@H]1NC(=O)NC(=O)COC(=O)Cc1c(F)cccc1Cl. The Morgan fingerprint density at radius 3 is 2.69 bits per heavy atom. The molecular formula is C18H22ClFN2O4. The predicted octanol–water partition coefficient (Wildman–Crippen LogP) is 2.97. The number of nitrogens with one attached hydrogen (secondary N) is 2. The lowest BCUT2D eigenvalue weighted by Crippen LogP contribution is -2.48. The molecule has 0 unspecified atom stereocenters. The summed E-state index contributed by atoms with van der Waals surface area (Å²) < 4.78 is 18.4. The number of ether oxygens (including phenoxy) is 1. The second kappa shape index (κ2) is 9.52. The van der Waals surface area contributed by atoms with Crippen LogP contribution in [0.15, 0.2) is 18.2 Å². The highest BCUT2D eigenvalue weighted by Gasteiger charge is 2.23. The van der Waals surface area contributed by atoms with Crippen molar-refractivity contribution in [2.24, 2.45) is 5.92 Å². The summed E-state index contributed by atoms with van der Waals surface area (Å²) in [6.07, 6.45) is 3.70. The molecule has 0 radical (unpaired) electrons. The summed E-state index contributed by atoms with van der Waals surface area (Å²) in [5.41, 5.74) is 0.00334. The van der Waals surface area contributed by atoms with Gasteiger partial charge in [-0.05, 0) is 30.9 Å². The molecule has 0 bridgehead atoms. The number of amides is 3. The number of carbonyl (C=O) groups is 3. The van der Waals surface area contributed by atoms with Crippen LogP contribution < -0.4 is 10.6 Å². The zero-order valence-corrected chi connectivity index (χ0v) is 15.3. The quantitative estimate of drug-likeness (QED) is 0.764. The number of hydrogen-bond donors (Lipinski definition) is 2. The highest BCUT2D eigenvalue weighted by atomic mass is 35.5. The molecule has 1 aliphatic rings. The van der Waals surface area contributed by atoms with Gasteiger partial charge in [-0.1, -0.05) is 37.4 Å². The van der Waals surface area contributed by atoms with Crippen LogP contribution in [-0.2, 0) is 20.7 Å². The van der Waals surface area contributed by atoms with Crippen LogP contribution in [0.2, 0.25) is 5.02 Å². The van der Waals surface area contributed by atoms with Crippen molar-refractivity contribution in [2.75, 3.05) is 6.61 Å². The fourth-order valence-corrected chi connectivity index (χ4v) is 3.17. The molecule has 1 fully saturated rings. The maximum Gasteiger partial charge on any atom is 0.321 e. The van der Waals surface area contributed by atoms with Gasteiger partial charge in [-0.3, -0.25) is 14.9 Å². The molecule has 3 amide bonds. The summed E-state index contributed by atoms with van der Waals surface area (Å²) in [6.45, 7) is 1.43. The molecule has 142 valence electrons. The summed E-state index contributed by atoms with van der Waals surface area (Å²) in [4.78, 5) is 35.3. The molecular weight excluding hydrogens is 363 g/mol. The van der Waals surface area contributed by atoms with E-state index in [9.17, 15) is 18.8 Å². The molecule has 0 aliphatic heterocycles. The zero-order chi connectivity index (χ0) is 19.1. The molecule has 1 aliphatic carbocycles. The van der Waals surface area contributed by atoms with E-state index >= 15 is 0 Å². The van der Waals surface area contributed by atoms with E-state index in [1.807, 2.05) is 0 Å². The van der Waals surface area contributed by atoms with Gasteiger partial charge in [-0.15, -0.1) is 0 Å². The lowest BCUT2D eigenvalue weighted by Gasteiger charge is -2.29. The number of hydrogen-bond acceptors (Lipinski definition) is 4. The Bertz CT molecular complexity index is 663. The highest BCUT2D eigenvalue weighted by molar-refractivity contribution is 6.31. The standard InChI is InChI=1S/C18H22ClFN2O4/c1-11-5-2-3-8-15(11)21-18(25)22-16(23)10-26-17(24)9-12-13(19)6-4-7-14(12)20/h4,6-7,11,15H,2-3,5,8-10H2,1H3,(H2,21,22,23,25)/t11-,15+/m0/s1. The summed E-state index contributed by atoms with van der Waals surface area (Å²) in [5.74, 6) is -1.83. The Morgan fingerprint density at radius 1 is 1.27 bits per heavy atom. The van der Waals surface area contributed by atoms with Crippen molar-refractivity contribution < 1.29 is 23.5 Å². The van der Waals surface area contributed by atoms with Crippen molar-refractivity contribution in [1.82, 2.24) is 10.6 Å². The molecule has 2 rings (SSSR count). The number of halogens is 2. The van der Waals surface area contributed by atoms with Gasteiger partial charge in [0.15, 0.2) is 6.61 Å². The van der Waals surface area contributed by atoms with Crippen LogP contribution in [0.5, 0.6) is 0 Å². The van der Waals surface area contributed by atoms with Gasteiger partial charge in [0.05, 0.1) is 6.42 Å². The molecule has 1 aromatic carbocycles. The van der Waals surface area contributed by atoms with Gasteiger partial charge in [-0.2, -0.15) is 0 Å². The first-order valence-corrected chi connectivity index (χ1v) is 8.93. The average molecular weight is 385 g/mol. The van der Waals surface area contributed by atoms with E-state index in [4.69, 9.17) is 16.3 Å². The van der Waals surface area contributed by atoms with Crippen molar-refractivity contribution in [3.63, 3.8) is 0 Å². The second-order valence-electron chi connectivity index (χ2n) is 6.43. The van der Waals surface area contributed by atoms with E-state index in [0.717, 1.165) is 25.7 Å². The lowest BCUT2D eigenvalue weighted by atomic mass is 9.86. The van der Waals surface area contributed by atoms with Crippen molar-refractivity contribution in [2.45, 2.75) is 45.1 Å². The first-order valence-electron chi connectivity index (χ1n) is 8.55. The Labute approximate surface area is 156 Å². The third kappa shape index (κ3) is 5.98. The van der Waals surface area contributed by atoms with E-state index in [1.165, 1.54) is 18.2 Å². The first-order chi connectivity index (χ1) is 12.4. The number of imide groups is 1. The Hall–Kier alpha value is -2.15. The summed E-state index contributed by atoms with van der Waals surface area (Å²) in [7, 11) is 0. The Balaban J connectivity index is 1.74. The molecule has 0 spiro atoms. The van der Waals surface area contributed by atoms with Gasteiger partial charge in [0.1, 0.15) is 5.82 Å². The Morgan fingerprint density at radius 2 is 2.00 bits per heavy atom. The number of carbonyl (C=O) groups excluding carboxylic acids is 3. The van der Waals surface area contributed by atoms with Gasteiger partial charge in [0.2, 0.25) is 0 Å². The van der Waals surface area contributed by atoms with Crippen molar-refractivity contribution in [3.05, 3.63) is 34.6 Å². The maximum absolute atomic E-state index is 13.6. The fraction of sp³-hybridized carbons (Fsp3) is 0.500.